The van der Waals surface area contributed by atoms with Gasteiger partial charge in [0.1, 0.15) is 24.7 Å². The third-order valence-electron chi connectivity index (χ3n) is 2.49. The van der Waals surface area contributed by atoms with Crippen LogP contribution in [0.25, 0.3) is 0 Å². The van der Waals surface area contributed by atoms with E-state index in [0.717, 1.165) is 9.32 Å². The fourth-order valence-electron chi connectivity index (χ4n) is 1.54. The maximum absolute atomic E-state index is 10.5. The van der Waals surface area contributed by atoms with Crippen LogP contribution in [0.3, 0.4) is 0 Å². The quantitative estimate of drug-likeness (QED) is 0.330. The minimum Gasteiger partial charge on any atom is -0.490 e. The van der Waals surface area contributed by atoms with Gasteiger partial charge in [0, 0.05) is 12.1 Å². The first-order chi connectivity index (χ1) is 9.66. The molecule has 0 unspecified atom stereocenters. The van der Waals surface area contributed by atoms with Crippen molar-refractivity contribution in [3.8, 4) is 11.5 Å². The summed E-state index contributed by atoms with van der Waals surface area (Å²) in [6.45, 7) is 0.791. The smallest absolute Gasteiger partial charge is 0.269 e. The Kier molecular flexibility index (Phi) is 5.16. The molecule has 0 N–H and O–H groups in total. The Balaban J connectivity index is 1.79. The van der Waals surface area contributed by atoms with Crippen molar-refractivity contribution in [1.29, 1.82) is 0 Å². The van der Waals surface area contributed by atoms with Crippen molar-refractivity contribution in [2.24, 2.45) is 0 Å². The first-order valence-electron chi connectivity index (χ1n) is 5.91. The largest absolute Gasteiger partial charge is 0.490 e. The molecule has 2 aromatic rings. The lowest BCUT2D eigenvalue weighted by Gasteiger charge is -2.09. The first-order valence-corrected chi connectivity index (χ1v) is 6.99. The number of para-hydroxylation sites is 1. The molecule has 0 aliphatic heterocycles. The summed E-state index contributed by atoms with van der Waals surface area (Å²) in [4.78, 5) is 10.1. The zero-order chi connectivity index (χ0) is 14.4. The van der Waals surface area contributed by atoms with E-state index in [2.05, 4.69) is 22.6 Å². The molecule has 6 heteroatoms. The van der Waals surface area contributed by atoms with Crippen molar-refractivity contribution in [2.75, 3.05) is 13.2 Å². The number of nitro benzene ring substituents is 1. The van der Waals surface area contributed by atoms with Gasteiger partial charge in [-0.15, -0.1) is 0 Å². The number of nitro groups is 1. The number of rotatable bonds is 6. The van der Waals surface area contributed by atoms with E-state index in [-0.39, 0.29) is 5.69 Å². The Labute approximate surface area is 129 Å². The molecule has 0 aliphatic rings. The number of hydrogen-bond donors (Lipinski definition) is 0. The van der Waals surface area contributed by atoms with Crippen molar-refractivity contribution in [3.05, 3.63) is 62.2 Å². The molecule has 0 saturated carbocycles. The molecule has 0 atom stereocenters. The van der Waals surface area contributed by atoms with E-state index in [4.69, 9.17) is 9.47 Å². The molecule has 0 amide bonds. The summed E-state index contributed by atoms with van der Waals surface area (Å²) in [5.74, 6) is 1.40. The molecule has 0 aromatic heterocycles. The van der Waals surface area contributed by atoms with Gasteiger partial charge in [0.15, 0.2) is 0 Å². The molecule has 0 spiro atoms. The molecular formula is C14H12INO4. The normalized spacial score (nSPS) is 10.1. The molecule has 2 rings (SSSR count). The summed E-state index contributed by atoms with van der Waals surface area (Å²) in [5.41, 5.74) is 0.0486. The van der Waals surface area contributed by atoms with Gasteiger partial charge in [-0.05, 0) is 46.9 Å². The van der Waals surface area contributed by atoms with Crippen molar-refractivity contribution in [1.82, 2.24) is 0 Å². The summed E-state index contributed by atoms with van der Waals surface area (Å²) in [5, 5.41) is 10.5. The van der Waals surface area contributed by atoms with Crippen LogP contribution in [0.2, 0.25) is 0 Å². The van der Waals surface area contributed by atoms with E-state index in [0.29, 0.717) is 19.0 Å². The fourth-order valence-corrected chi connectivity index (χ4v) is 2.08. The maximum atomic E-state index is 10.5. The zero-order valence-corrected chi connectivity index (χ0v) is 12.6. The highest BCUT2D eigenvalue weighted by molar-refractivity contribution is 14.1. The second-order valence-corrected chi connectivity index (χ2v) is 5.04. The van der Waals surface area contributed by atoms with Crippen LogP contribution in [0.4, 0.5) is 5.69 Å². The Morgan fingerprint density at radius 2 is 1.65 bits per heavy atom. The van der Waals surface area contributed by atoms with Crippen LogP contribution in [0.5, 0.6) is 11.5 Å². The van der Waals surface area contributed by atoms with Crippen molar-refractivity contribution in [2.45, 2.75) is 0 Å². The number of ether oxygens (including phenoxy) is 2. The maximum Gasteiger partial charge on any atom is 0.269 e. The molecular weight excluding hydrogens is 373 g/mol. The van der Waals surface area contributed by atoms with Gasteiger partial charge in [-0.3, -0.25) is 10.1 Å². The van der Waals surface area contributed by atoms with E-state index in [9.17, 15) is 10.1 Å². The van der Waals surface area contributed by atoms with Crippen LogP contribution >= 0.6 is 22.6 Å². The molecule has 0 heterocycles. The van der Waals surface area contributed by atoms with E-state index >= 15 is 0 Å². The monoisotopic (exact) mass is 385 g/mol. The molecule has 0 bridgehead atoms. The summed E-state index contributed by atoms with van der Waals surface area (Å²) >= 11 is 2.20. The number of benzene rings is 2. The highest BCUT2D eigenvalue weighted by atomic mass is 127. The van der Waals surface area contributed by atoms with Crippen LogP contribution < -0.4 is 9.47 Å². The minimum absolute atomic E-state index is 0.0486. The van der Waals surface area contributed by atoms with E-state index < -0.39 is 4.92 Å². The Bertz CT molecular complexity index is 586. The van der Waals surface area contributed by atoms with Gasteiger partial charge in [-0.1, -0.05) is 12.1 Å². The molecule has 0 radical (unpaired) electrons. The first kappa shape index (κ1) is 14.6. The number of hydrogen-bond acceptors (Lipinski definition) is 4. The van der Waals surface area contributed by atoms with Gasteiger partial charge in [-0.25, -0.2) is 0 Å². The van der Waals surface area contributed by atoms with E-state index in [1.807, 2.05) is 24.3 Å². The lowest BCUT2D eigenvalue weighted by Crippen LogP contribution is -2.09. The van der Waals surface area contributed by atoms with Crippen molar-refractivity contribution in [3.63, 3.8) is 0 Å². The Hall–Kier alpha value is -1.83. The number of non-ortho nitro benzene ring substituents is 1. The summed E-state index contributed by atoms with van der Waals surface area (Å²) < 4.78 is 12.1. The highest BCUT2D eigenvalue weighted by Gasteiger charge is 2.04. The third kappa shape index (κ3) is 4.09. The Morgan fingerprint density at radius 1 is 1.00 bits per heavy atom. The average Bonchev–Trinajstić information content (AvgIpc) is 2.46. The summed E-state index contributed by atoms with van der Waals surface area (Å²) in [6, 6.07) is 13.7. The van der Waals surface area contributed by atoms with Gasteiger partial charge in [-0.2, -0.15) is 0 Å². The standard InChI is InChI=1S/C14H12INO4/c15-13-3-1-2-4-14(13)20-10-9-19-12-7-5-11(6-8-12)16(17)18/h1-8H,9-10H2. The lowest BCUT2D eigenvalue weighted by molar-refractivity contribution is -0.384. The van der Waals surface area contributed by atoms with E-state index in [1.54, 1.807) is 12.1 Å². The van der Waals surface area contributed by atoms with Gasteiger partial charge < -0.3 is 9.47 Å². The lowest BCUT2D eigenvalue weighted by atomic mass is 10.3. The van der Waals surface area contributed by atoms with Crippen molar-refractivity contribution < 1.29 is 14.4 Å². The molecule has 5 nitrogen and oxygen atoms in total. The summed E-state index contributed by atoms with van der Waals surface area (Å²) in [7, 11) is 0. The highest BCUT2D eigenvalue weighted by Crippen LogP contribution is 2.20. The molecule has 0 saturated heterocycles. The molecule has 0 aliphatic carbocycles. The second-order valence-electron chi connectivity index (χ2n) is 3.88. The van der Waals surface area contributed by atoms with Crippen LogP contribution in [-0.4, -0.2) is 18.1 Å². The second kappa shape index (κ2) is 7.09. The number of halogens is 1. The number of nitrogens with zero attached hydrogens (tertiary/aromatic N) is 1. The molecule has 20 heavy (non-hydrogen) atoms. The minimum atomic E-state index is -0.440. The predicted molar refractivity (Wildman–Crippen MR) is 83.2 cm³/mol. The molecule has 104 valence electrons. The average molecular weight is 385 g/mol. The molecule has 0 fully saturated rings. The fraction of sp³-hybridized carbons (Fsp3) is 0.143. The third-order valence-corrected chi connectivity index (χ3v) is 3.39. The van der Waals surface area contributed by atoms with Gasteiger partial charge >= 0.3 is 0 Å². The zero-order valence-electron chi connectivity index (χ0n) is 10.5. The van der Waals surface area contributed by atoms with Crippen LogP contribution in [-0.2, 0) is 0 Å². The SMILES string of the molecule is O=[N+]([O-])c1ccc(OCCOc2ccccc2I)cc1. The van der Waals surface area contributed by atoms with Gasteiger partial charge in [0.2, 0.25) is 0 Å². The van der Waals surface area contributed by atoms with Gasteiger partial charge in [0.05, 0.1) is 8.49 Å². The van der Waals surface area contributed by atoms with Crippen LogP contribution in [0, 0.1) is 13.7 Å². The van der Waals surface area contributed by atoms with Gasteiger partial charge in [0.25, 0.3) is 5.69 Å². The van der Waals surface area contributed by atoms with E-state index in [1.165, 1.54) is 12.1 Å². The van der Waals surface area contributed by atoms with Crippen LogP contribution in [0.1, 0.15) is 0 Å². The summed E-state index contributed by atoms with van der Waals surface area (Å²) in [6.07, 6.45) is 0. The predicted octanol–water partition coefficient (Wildman–Crippen LogP) is 3.66. The van der Waals surface area contributed by atoms with Crippen LogP contribution in [0.15, 0.2) is 48.5 Å². The Morgan fingerprint density at radius 3 is 2.30 bits per heavy atom. The molecule has 2 aromatic carbocycles. The topological polar surface area (TPSA) is 61.6 Å². The van der Waals surface area contributed by atoms with Crippen molar-refractivity contribution >= 4 is 28.3 Å².